The lowest BCUT2D eigenvalue weighted by molar-refractivity contribution is -0.151. The van der Waals surface area contributed by atoms with Crippen molar-refractivity contribution in [2.24, 2.45) is 11.7 Å². The van der Waals surface area contributed by atoms with Crippen molar-refractivity contribution in [2.45, 2.75) is 69.8 Å². The Kier molecular flexibility index (Phi) is 8.60. The van der Waals surface area contributed by atoms with Crippen LogP contribution in [0.4, 0.5) is 4.79 Å². The number of esters is 1. The molecule has 2 heterocycles. The minimum atomic E-state index is -0.793. The highest BCUT2D eigenvalue weighted by atomic mass is 35.5. The predicted molar refractivity (Wildman–Crippen MR) is 130 cm³/mol. The molecule has 1 aromatic rings. The van der Waals surface area contributed by atoms with E-state index in [0.717, 1.165) is 42.4 Å². The van der Waals surface area contributed by atoms with Crippen LogP contribution in [0.15, 0.2) is 24.8 Å². The molecule has 1 aliphatic carbocycles. The molecule has 2 N–H and O–H groups in total. The maximum absolute atomic E-state index is 13.2. The van der Waals surface area contributed by atoms with Gasteiger partial charge in [-0.2, -0.15) is 0 Å². The number of amides is 2. The molecule has 2 aliphatic heterocycles. The Morgan fingerprint density at radius 3 is 2.59 bits per heavy atom. The first kappa shape index (κ1) is 26.0. The molecule has 3 atom stereocenters. The smallest absolute Gasteiger partial charge is 0.410 e. The number of hydrogen-bond acceptors (Lipinski definition) is 6. The molecule has 2 amide bonds. The molecule has 34 heavy (non-hydrogen) atoms. The molecule has 3 aliphatic rings. The first-order chi connectivity index (χ1) is 15.9. The molecule has 2 fully saturated rings. The number of ether oxygens (including phenoxy) is 2. The molecule has 186 valence electrons. The Hall–Kier alpha value is -2.58. The first-order valence-corrected chi connectivity index (χ1v) is 11.8. The number of rotatable bonds is 5. The monoisotopic (exact) mass is 491 g/mol. The van der Waals surface area contributed by atoms with Gasteiger partial charge in [0, 0.05) is 13.0 Å². The molecule has 0 aromatic heterocycles. The van der Waals surface area contributed by atoms with Gasteiger partial charge < -0.3 is 20.1 Å². The van der Waals surface area contributed by atoms with Gasteiger partial charge in [-0.15, -0.1) is 12.4 Å². The molecule has 1 aromatic carbocycles. The third-order valence-corrected chi connectivity index (χ3v) is 7.23. The number of nitrogens with zero attached hydrogens (tertiary/aromatic N) is 2. The maximum Gasteiger partial charge on any atom is 0.410 e. The van der Waals surface area contributed by atoms with Gasteiger partial charge in [0.1, 0.15) is 12.1 Å². The summed E-state index contributed by atoms with van der Waals surface area (Å²) in [6.07, 6.45) is 6.08. The number of nitrogens with two attached hydrogens (primary N) is 1. The van der Waals surface area contributed by atoms with Crippen molar-refractivity contribution in [2.75, 3.05) is 13.7 Å². The van der Waals surface area contributed by atoms with E-state index in [4.69, 9.17) is 15.2 Å². The topological polar surface area (TPSA) is 102 Å². The van der Waals surface area contributed by atoms with Crippen LogP contribution >= 0.6 is 12.4 Å². The third-order valence-electron chi connectivity index (χ3n) is 7.23. The summed E-state index contributed by atoms with van der Waals surface area (Å²) < 4.78 is 10.7. The van der Waals surface area contributed by atoms with Gasteiger partial charge in [0.2, 0.25) is 5.91 Å². The quantitative estimate of drug-likeness (QED) is 0.634. The second-order valence-corrected chi connectivity index (χ2v) is 9.24. The molecule has 0 spiro atoms. The fourth-order valence-corrected chi connectivity index (χ4v) is 5.36. The van der Waals surface area contributed by atoms with Crippen molar-refractivity contribution in [3.63, 3.8) is 0 Å². The zero-order valence-electron chi connectivity index (χ0n) is 19.6. The second kappa shape index (κ2) is 11.2. The summed E-state index contributed by atoms with van der Waals surface area (Å²) in [4.78, 5) is 41.6. The van der Waals surface area contributed by atoms with Crippen molar-refractivity contribution in [3.05, 3.63) is 41.5 Å². The van der Waals surface area contributed by atoms with Gasteiger partial charge in [0.15, 0.2) is 0 Å². The molecule has 0 radical (unpaired) electrons. The van der Waals surface area contributed by atoms with Crippen molar-refractivity contribution in [1.29, 1.82) is 0 Å². The Bertz CT molecular complexity index is 933. The number of methoxy groups -OCH3 is 1. The van der Waals surface area contributed by atoms with E-state index in [2.05, 4.69) is 6.58 Å². The molecule has 1 saturated heterocycles. The summed E-state index contributed by atoms with van der Waals surface area (Å²) in [6, 6.07) is 4.46. The normalized spacial score (nSPS) is 23.0. The van der Waals surface area contributed by atoms with Gasteiger partial charge in [0.25, 0.3) is 0 Å². The van der Waals surface area contributed by atoms with Gasteiger partial charge in [-0.05, 0) is 35.4 Å². The van der Waals surface area contributed by atoms with Crippen LogP contribution < -0.4 is 5.73 Å². The first-order valence-electron chi connectivity index (χ1n) is 11.8. The molecule has 9 heteroatoms. The molecule has 0 bridgehead atoms. The highest BCUT2D eigenvalue weighted by molar-refractivity contribution is 5.88. The minimum absolute atomic E-state index is 0. The van der Waals surface area contributed by atoms with Crippen molar-refractivity contribution < 1.29 is 23.9 Å². The van der Waals surface area contributed by atoms with Crippen LogP contribution in [-0.2, 0) is 32.2 Å². The SMILES string of the molecule is C=Cc1cccc2c1CN(C(=O)O[C@@H]1C[C@@H](C(=O)OC)N(C(=O)[C@@H](N)C3CCCCC3)C1)C2.Cl. The van der Waals surface area contributed by atoms with Crippen molar-refractivity contribution in [3.8, 4) is 0 Å². The third kappa shape index (κ3) is 5.23. The molecule has 4 rings (SSSR count). The summed E-state index contributed by atoms with van der Waals surface area (Å²) in [6.45, 7) is 4.88. The van der Waals surface area contributed by atoms with Crippen molar-refractivity contribution >= 4 is 36.5 Å². The largest absolute Gasteiger partial charge is 0.467 e. The van der Waals surface area contributed by atoms with E-state index < -0.39 is 30.3 Å². The number of hydrogen-bond donors (Lipinski definition) is 1. The average Bonchev–Trinajstić information content (AvgIpc) is 3.47. The predicted octanol–water partition coefficient (Wildman–Crippen LogP) is 3.25. The van der Waals surface area contributed by atoms with E-state index >= 15 is 0 Å². The second-order valence-electron chi connectivity index (χ2n) is 9.24. The standard InChI is InChI=1S/C25H33N3O5.ClH/c1-3-16-10-7-11-18-13-27(15-20(16)18)25(31)33-19-12-21(24(30)32-2)28(14-19)23(29)22(26)17-8-5-4-6-9-17;/h3,7,10-11,17,19,21-22H,1,4-6,8-9,12-15,26H2,2H3;1H/t19-,21+,22+;/m1./s1. The number of fused-ring (bicyclic) bond motifs is 1. The van der Waals surface area contributed by atoms with Crippen LogP contribution in [0.3, 0.4) is 0 Å². The summed E-state index contributed by atoms with van der Waals surface area (Å²) in [5, 5.41) is 0. The lowest BCUT2D eigenvalue weighted by Crippen LogP contribution is -2.52. The summed E-state index contributed by atoms with van der Waals surface area (Å²) >= 11 is 0. The van der Waals surface area contributed by atoms with Gasteiger partial charge in [-0.25, -0.2) is 9.59 Å². The lowest BCUT2D eigenvalue weighted by atomic mass is 9.83. The fourth-order valence-electron chi connectivity index (χ4n) is 5.36. The summed E-state index contributed by atoms with van der Waals surface area (Å²) in [5.41, 5.74) is 9.47. The fraction of sp³-hybridized carbons (Fsp3) is 0.560. The number of carbonyl (C=O) groups excluding carboxylic acids is 3. The Morgan fingerprint density at radius 1 is 1.18 bits per heavy atom. The average molecular weight is 492 g/mol. The number of likely N-dealkylation sites (tertiary alicyclic amines) is 1. The highest BCUT2D eigenvalue weighted by Gasteiger charge is 2.45. The van der Waals surface area contributed by atoms with E-state index in [1.165, 1.54) is 18.4 Å². The molecular weight excluding hydrogens is 458 g/mol. The van der Waals surface area contributed by atoms with Gasteiger partial charge in [-0.3, -0.25) is 9.69 Å². The Morgan fingerprint density at radius 2 is 1.91 bits per heavy atom. The van der Waals surface area contributed by atoms with E-state index in [1.54, 1.807) is 11.0 Å². The van der Waals surface area contributed by atoms with E-state index in [-0.39, 0.29) is 37.2 Å². The molecule has 1 saturated carbocycles. The summed E-state index contributed by atoms with van der Waals surface area (Å²) in [7, 11) is 1.30. The summed E-state index contributed by atoms with van der Waals surface area (Å²) in [5.74, 6) is -0.657. The zero-order chi connectivity index (χ0) is 23.5. The molecule has 0 unspecified atom stereocenters. The van der Waals surface area contributed by atoms with Crippen LogP contribution in [0.5, 0.6) is 0 Å². The van der Waals surface area contributed by atoms with Crippen LogP contribution in [0.2, 0.25) is 0 Å². The highest BCUT2D eigenvalue weighted by Crippen LogP contribution is 2.31. The van der Waals surface area contributed by atoms with Gasteiger partial charge in [0.05, 0.1) is 26.2 Å². The van der Waals surface area contributed by atoms with E-state index in [0.29, 0.717) is 13.1 Å². The molecule has 8 nitrogen and oxygen atoms in total. The van der Waals surface area contributed by atoms with Crippen LogP contribution in [0, 0.1) is 5.92 Å². The van der Waals surface area contributed by atoms with Gasteiger partial charge >= 0.3 is 12.1 Å². The van der Waals surface area contributed by atoms with Crippen molar-refractivity contribution in [1.82, 2.24) is 9.80 Å². The lowest BCUT2D eigenvalue weighted by Gasteiger charge is -2.31. The number of carbonyl (C=O) groups is 3. The maximum atomic E-state index is 13.2. The van der Waals surface area contributed by atoms with Crippen LogP contribution in [-0.4, -0.2) is 59.6 Å². The molecular formula is C25H34ClN3O5. The van der Waals surface area contributed by atoms with Crippen LogP contribution in [0.1, 0.15) is 55.2 Å². The minimum Gasteiger partial charge on any atom is -0.467 e. The number of benzene rings is 1. The number of halogens is 1. The zero-order valence-corrected chi connectivity index (χ0v) is 20.4. The van der Waals surface area contributed by atoms with E-state index in [1.807, 2.05) is 18.2 Å². The van der Waals surface area contributed by atoms with E-state index in [9.17, 15) is 14.4 Å². The Labute approximate surface area is 206 Å². The Balaban J connectivity index is 0.00000324. The van der Waals surface area contributed by atoms with Gasteiger partial charge in [-0.1, -0.05) is 50.1 Å². The van der Waals surface area contributed by atoms with Crippen LogP contribution in [0.25, 0.3) is 6.08 Å².